The fraction of sp³-hybridized carbons (Fsp3) is 1.00. The smallest absolute Gasteiger partial charge is 0.394 e. The molecule has 21 fully saturated rings. The summed E-state index contributed by atoms with van der Waals surface area (Å²) in [5.74, 6) is 0. The third kappa shape index (κ3) is 20.1. The number of rotatable bonds is 10. The molecule has 1 radical (unpaired) electrons. The van der Waals surface area contributed by atoms with Crippen molar-refractivity contribution in [2.45, 2.75) is 215 Å². The van der Waals surface area contributed by atoms with Crippen LogP contribution in [0.5, 0.6) is 0 Å². The maximum atomic E-state index is 11.6. The van der Waals surface area contributed by atoms with Crippen molar-refractivity contribution in [3.63, 3.8) is 0 Å². The van der Waals surface area contributed by atoms with Crippen LogP contribution < -0.4 is 48.3 Å². The SMILES string of the molecule is NCCNC[C@H]1O[C@@H]2O[C@H]3[C@H](O)[C@@H](O)[C@@H](O[C@H]4[C@H](O)[C@@H](O)[C@@H](O[C@H]5[C@H](O)[C@@H](O)[C@@H](O[C@H]6[C@H](O)[C@@H](O)[C@@H](O[C@H]7[C@H](O)[C@@H](O)[C@@H](O[C@H]8[C@H](O)[C@@H](O)[C@@H](O[C@H]1[C@H](O)[C@H]2O)O[C@@H]8CO)O[C@@H]7CO)O[C@@H]6CO)O[C@@H]5CO)O[C@@H]4CO)O[C@@H]3CO.[Cu+2].[O-][Cl+3]([O-])([O-])[O-].[O-][Cl+3]([O-])([O-])[O-]. The molecule has 0 aromatic carbocycles. The molecule has 0 aromatic rings. The van der Waals surface area contributed by atoms with Gasteiger partial charge in [0.05, 0.1) is 39.6 Å². The molecule has 47 heteroatoms. The summed E-state index contributed by atoms with van der Waals surface area (Å²) in [7, 11) is -9.89. The molecule has 21 aliphatic heterocycles. The van der Waals surface area contributed by atoms with Gasteiger partial charge in [0.1, 0.15) is 171 Å². The molecular formula is C44H76Cl2CuN2O42. The summed E-state index contributed by atoms with van der Waals surface area (Å²) >= 11 is 0. The minimum absolute atomic E-state index is 0. The zero-order valence-corrected chi connectivity index (χ0v) is 49.1. The first-order valence-corrected chi connectivity index (χ1v) is 29.6. The van der Waals surface area contributed by atoms with Crippen LogP contribution in [0.2, 0.25) is 0 Å². The van der Waals surface area contributed by atoms with E-state index in [1.807, 2.05) is 0 Å². The Labute approximate surface area is 527 Å². The Morgan fingerprint density at radius 2 is 0.407 bits per heavy atom. The first kappa shape index (κ1) is 81.0. The van der Waals surface area contributed by atoms with Gasteiger partial charge in [-0.05, 0) is 0 Å². The number of nitrogens with two attached hydrogens (primary N) is 1. The molecule has 21 rings (SSSR count). The number of aliphatic hydroxyl groups excluding tert-OH is 20. The number of aliphatic hydroxyl groups is 20. The van der Waals surface area contributed by atoms with Crippen LogP contribution in [0, 0.1) is 20.5 Å². The molecule has 35 atom stereocenters. The van der Waals surface area contributed by atoms with Gasteiger partial charge in [-0.1, -0.05) is 0 Å². The van der Waals surface area contributed by atoms with Crippen LogP contribution >= 0.6 is 0 Å². The summed E-state index contributed by atoms with van der Waals surface area (Å²) in [5.41, 5.74) is 5.66. The Bertz CT molecular complexity index is 2070. The molecule has 0 aliphatic carbocycles. The van der Waals surface area contributed by atoms with Crippen molar-refractivity contribution < 1.29 is 243 Å². The maximum absolute atomic E-state index is 11.6. The summed E-state index contributed by atoms with van der Waals surface area (Å²) in [4.78, 5) is 0. The fourth-order valence-electron chi connectivity index (χ4n) is 10.8. The second-order valence-electron chi connectivity index (χ2n) is 21.2. The summed E-state index contributed by atoms with van der Waals surface area (Å²) in [6, 6.07) is 0. The van der Waals surface area contributed by atoms with Crippen molar-refractivity contribution in [3.8, 4) is 0 Å². The number of ether oxygens (including phenoxy) is 14. The van der Waals surface area contributed by atoms with Gasteiger partial charge in [0, 0.05) is 19.6 Å². The van der Waals surface area contributed by atoms with E-state index in [1.54, 1.807) is 0 Å². The Hall–Kier alpha value is -0.661. The van der Waals surface area contributed by atoms with Crippen molar-refractivity contribution in [1.29, 1.82) is 0 Å². The fourth-order valence-corrected chi connectivity index (χ4v) is 10.8. The zero-order chi connectivity index (χ0) is 67.2. The van der Waals surface area contributed by atoms with Gasteiger partial charge in [-0.25, -0.2) is 37.3 Å². The topological polar surface area (TPSA) is 756 Å². The van der Waals surface area contributed by atoms with Gasteiger partial charge in [-0.15, -0.1) is 20.5 Å². The van der Waals surface area contributed by atoms with Gasteiger partial charge in [0.15, 0.2) is 44.0 Å². The number of hydrogen-bond acceptors (Lipinski definition) is 44. The number of nitrogens with one attached hydrogen (secondary N) is 1. The molecule has 21 aliphatic rings. The van der Waals surface area contributed by atoms with E-state index in [0.717, 1.165) is 0 Å². The van der Waals surface area contributed by atoms with E-state index >= 15 is 0 Å². The molecule has 0 unspecified atom stereocenters. The molecule has 0 aromatic heterocycles. The Kier molecular flexibility index (Phi) is 31.5. The van der Waals surface area contributed by atoms with Crippen LogP contribution in [0.3, 0.4) is 0 Å². The van der Waals surface area contributed by atoms with Crippen LogP contribution in [0.1, 0.15) is 0 Å². The zero-order valence-electron chi connectivity index (χ0n) is 46.6. The summed E-state index contributed by atoms with van der Waals surface area (Å²) < 4.78 is 149. The summed E-state index contributed by atoms with van der Waals surface area (Å²) in [5, 5.41) is 225. The normalized spacial score (nSPS) is 48.6. The van der Waals surface area contributed by atoms with E-state index in [-0.39, 0.29) is 36.7 Å². The van der Waals surface area contributed by atoms with Gasteiger partial charge in [0.25, 0.3) is 0 Å². The monoisotopic (exact) mass is 1440 g/mol. The molecule has 14 bridgehead atoms. The van der Waals surface area contributed by atoms with E-state index < -0.39 is 275 Å². The molecule has 23 N–H and O–H groups in total. The van der Waals surface area contributed by atoms with Crippen LogP contribution in [-0.4, -0.2) is 376 Å². The third-order valence-corrected chi connectivity index (χ3v) is 15.3. The molecule has 539 valence electrons. The average Bonchev–Trinajstić information content (AvgIpc) is 0.828. The molecule has 0 spiro atoms. The molecule has 91 heavy (non-hydrogen) atoms. The van der Waals surface area contributed by atoms with Gasteiger partial charge in [-0.2, -0.15) is 0 Å². The van der Waals surface area contributed by atoms with Gasteiger partial charge >= 0.3 is 17.1 Å². The molecule has 21 saturated heterocycles. The minimum Gasteiger partial charge on any atom is -0.394 e. The van der Waals surface area contributed by atoms with Crippen LogP contribution in [0.25, 0.3) is 0 Å². The standard InChI is InChI=1S/C44H76N2O34.2ClHO4.Cu/c45-1-2-46-3-10-31-17(53)24(60)38(67-10)75-32-11(4-47)69-40(26(62)19(32)55)77-34-13(6-49)71-42(28(64)21(34)57)79-36-15(8-51)73-44(30(66)23(36)59)80-37-16(9-52)72-43(29(65)22(37)58)78-35-14(7-50)70-41(27(63)20(35)56)76-33-12(5-48)68-39(74-31)25(61)18(33)54;2*2-1(3,4)5;/h10-44,46-66H,1-9,45H2;2*(H,2,3,4,5);/q;;;+2/p-2/t10-,11-,12-,13-,14-,15-,16-,17-,18-,19-,20-,21-,22-,23-,24-,25-,26-,27-,28-,29-,30-,31-,32-,33-,34-,35-,36-,37-,38-,39-,40-,41-,42-,43-,44-;;;/m1.../s1. The number of hydrogen-bond donors (Lipinski definition) is 22. The summed E-state index contributed by atoms with van der Waals surface area (Å²) in [6.45, 7) is -6.27. The first-order valence-electron chi connectivity index (χ1n) is 27.2. The van der Waals surface area contributed by atoms with Crippen molar-refractivity contribution in [2.24, 2.45) is 5.73 Å². The van der Waals surface area contributed by atoms with Gasteiger partial charge in [-0.3, -0.25) is 0 Å². The van der Waals surface area contributed by atoms with Gasteiger partial charge < -0.3 is 179 Å². The molecule has 0 saturated carbocycles. The quantitative estimate of drug-likeness (QED) is 0.0713. The predicted octanol–water partition coefficient (Wildman–Crippen LogP) is -25.2. The van der Waals surface area contributed by atoms with E-state index in [9.17, 15) is 102 Å². The second kappa shape index (κ2) is 35.4. The van der Waals surface area contributed by atoms with E-state index in [0.29, 0.717) is 0 Å². The average molecular weight is 1440 g/mol. The molecular weight excluding hydrogens is 1360 g/mol. The second-order valence-corrected chi connectivity index (χ2v) is 22.7. The predicted molar refractivity (Wildman–Crippen MR) is 243 cm³/mol. The van der Waals surface area contributed by atoms with Crippen LogP contribution in [-0.2, 0) is 83.4 Å². The van der Waals surface area contributed by atoms with Crippen molar-refractivity contribution >= 4 is 0 Å². The largest absolute Gasteiger partial charge is 2.00 e. The Morgan fingerprint density at radius 1 is 0.264 bits per heavy atom. The minimum atomic E-state index is -4.94. The van der Waals surface area contributed by atoms with E-state index in [2.05, 4.69) is 5.32 Å². The van der Waals surface area contributed by atoms with Crippen LogP contribution in [0.15, 0.2) is 0 Å². The van der Waals surface area contributed by atoms with E-state index in [4.69, 9.17) is 109 Å². The third-order valence-electron chi connectivity index (χ3n) is 15.3. The van der Waals surface area contributed by atoms with Crippen molar-refractivity contribution in [2.75, 3.05) is 59.3 Å². The van der Waals surface area contributed by atoms with Crippen molar-refractivity contribution in [3.05, 3.63) is 0 Å². The Balaban J connectivity index is 0.00000127. The molecule has 21 heterocycles. The Morgan fingerprint density at radius 3 is 0.549 bits per heavy atom. The first-order chi connectivity index (χ1) is 42.2. The number of halogens is 2. The van der Waals surface area contributed by atoms with Crippen LogP contribution in [0.4, 0.5) is 0 Å². The summed E-state index contributed by atoms with van der Waals surface area (Å²) in [6.07, 6.45) is -69.1. The van der Waals surface area contributed by atoms with Crippen molar-refractivity contribution in [1.82, 2.24) is 5.32 Å². The maximum Gasteiger partial charge on any atom is 2.00 e. The van der Waals surface area contributed by atoms with E-state index in [1.165, 1.54) is 0 Å². The molecule has 44 nitrogen and oxygen atoms in total. The van der Waals surface area contributed by atoms with Gasteiger partial charge in [0.2, 0.25) is 0 Å². The molecule has 0 amide bonds.